The zero-order valence-electron chi connectivity index (χ0n) is 53.3. The molecule has 0 aromatic heterocycles. The van der Waals surface area contributed by atoms with Gasteiger partial charge in [-0.3, -0.25) is 9.59 Å². The van der Waals surface area contributed by atoms with Gasteiger partial charge in [0.05, 0.1) is 34.9 Å². The number of rotatable bonds is 9. The number of hydrogen-bond donors (Lipinski definition) is 8. The minimum Gasteiger partial charge on any atom is -0.508 e. The Balaban J connectivity index is 0.906. The Morgan fingerprint density at radius 2 is 1.61 bits per heavy atom. The van der Waals surface area contributed by atoms with E-state index in [0.29, 0.717) is 69.7 Å². The van der Waals surface area contributed by atoms with Crippen molar-refractivity contribution < 1.29 is 39.9 Å². The van der Waals surface area contributed by atoms with Gasteiger partial charge in [-0.15, -0.1) is 0 Å². The summed E-state index contributed by atoms with van der Waals surface area (Å²) < 4.78 is 7.13. The van der Waals surface area contributed by atoms with E-state index in [-0.39, 0.29) is 94.5 Å². The lowest BCUT2D eigenvalue weighted by molar-refractivity contribution is -0.250. The van der Waals surface area contributed by atoms with Crippen LogP contribution < -0.4 is 16.4 Å². The van der Waals surface area contributed by atoms with Crippen LogP contribution in [0.2, 0.25) is 0 Å². The van der Waals surface area contributed by atoms with Gasteiger partial charge in [0.25, 0.3) is 0 Å². The van der Waals surface area contributed by atoms with E-state index in [1.165, 1.54) is 16.7 Å². The summed E-state index contributed by atoms with van der Waals surface area (Å²) in [5.41, 5.74) is 8.99. The number of nitrogen functional groups attached to an aromatic ring is 1. The van der Waals surface area contributed by atoms with Gasteiger partial charge in [0.2, 0.25) is 0 Å². The van der Waals surface area contributed by atoms with E-state index in [1.807, 2.05) is 26.1 Å². The van der Waals surface area contributed by atoms with Gasteiger partial charge >= 0.3 is 0 Å². The second-order valence-corrected chi connectivity index (χ2v) is 33.3. The number of nitrogens with two attached hydrogens (primary N) is 1. The van der Waals surface area contributed by atoms with Crippen molar-refractivity contribution in [3.8, 4) is 5.75 Å². The van der Waals surface area contributed by atoms with Gasteiger partial charge in [-0.25, -0.2) is 0 Å². The third-order valence-electron chi connectivity index (χ3n) is 28.8. The molecule has 3 spiro atoms. The Labute approximate surface area is 523 Å². The maximum atomic E-state index is 17.3. The number of epoxide rings is 1. The number of carbonyl (C=O) groups is 2. The number of ketones is 2. The number of phenolic OH excluding ortho intramolecular Hbond substituents is 1. The number of β-amino-alcohol motifs (C(OH)–C–C–N with tert-alkyl or cyclic N) is 1. The summed E-state index contributed by atoms with van der Waals surface area (Å²) >= 11 is 0. The number of nitrogens with one attached hydrogen (secondary N) is 2. The van der Waals surface area contributed by atoms with E-state index in [9.17, 15) is 25.5 Å². The van der Waals surface area contributed by atoms with E-state index >= 15 is 9.59 Å². The van der Waals surface area contributed by atoms with Crippen LogP contribution in [0.15, 0.2) is 96.2 Å². The third kappa shape index (κ3) is 7.97. The third-order valence-corrected chi connectivity index (χ3v) is 28.8. The summed E-state index contributed by atoms with van der Waals surface area (Å²) in [5.74, 6) is 0.458. The molecular formula is C77H101N3O8. The molecule has 11 heteroatoms. The van der Waals surface area contributed by atoms with Crippen molar-refractivity contribution in [1.82, 2.24) is 10.6 Å². The Morgan fingerprint density at radius 3 is 2.42 bits per heavy atom. The molecule has 17 rings (SSSR count). The average molecular weight is 1200 g/mol. The Bertz CT molecular complexity index is 3360. The van der Waals surface area contributed by atoms with Gasteiger partial charge < -0.3 is 46.6 Å². The van der Waals surface area contributed by atoms with Gasteiger partial charge in [-0.2, -0.15) is 0 Å². The van der Waals surface area contributed by atoms with Crippen LogP contribution in [-0.2, 0) is 32.7 Å². The van der Waals surface area contributed by atoms with Gasteiger partial charge in [0, 0.05) is 48.0 Å². The van der Waals surface area contributed by atoms with Crippen molar-refractivity contribution in [2.75, 3.05) is 19.3 Å². The van der Waals surface area contributed by atoms with Crippen LogP contribution in [-0.4, -0.2) is 92.4 Å². The summed E-state index contributed by atoms with van der Waals surface area (Å²) in [6, 6.07) is 12.5. The fourth-order valence-electron chi connectivity index (χ4n) is 26.4. The Kier molecular flexibility index (Phi) is 13.6. The first-order valence-electron chi connectivity index (χ1n) is 35.2. The molecule has 6 saturated carbocycles. The summed E-state index contributed by atoms with van der Waals surface area (Å²) in [6.07, 6.45) is 29.6. The maximum absolute atomic E-state index is 17.3. The number of aliphatic hydroxyl groups is 4. The topological polar surface area (TPSA) is 198 Å². The lowest BCUT2D eigenvalue weighted by Gasteiger charge is -2.76. The molecule has 0 radical (unpaired) electrons. The molecule has 15 aliphatic rings. The lowest BCUT2D eigenvalue weighted by Crippen LogP contribution is -2.77. The normalized spacial score (nSPS) is 49.4. The highest BCUT2D eigenvalue weighted by Crippen LogP contribution is 2.83. The number of anilines is 1. The van der Waals surface area contributed by atoms with Crippen molar-refractivity contribution in [2.24, 2.45) is 105 Å². The van der Waals surface area contributed by atoms with Crippen LogP contribution in [0, 0.1) is 105 Å². The maximum Gasteiger partial charge on any atom is 0.160 e. The standard InChI is InChI=1S/C77H101N3O8/c1-41(2)28-42-29-46(33-48(78)31-42)50-12-9-13-54(50)73(5)69(88-73)67(85)52-18-17-51-53-34-44(15-20-58(53)82)63-45-16-21-59(83)56(35-45)77-37-57-68-72(4)61-14-10-25-74(68,24-8-7-23-71(3,87)40-80-57)70(86)76(61,47-30-43(39-79-6)32-49(81)36-47)27-11-26-75(77)38-60(84)66(65(52)64(51)63)55(75)19-22-62(72)77/h10,14-18,20-21,29-33,36,41,44-45,50-54,56-59,61-65,67-69,79-83,85,87H,7-9,11-13,19,22-28,34-35,37-40,78H2,1-6H3. The molecule has 8 fully saturated rings. The van der Waals surface area contributed by atoms with Crippen LogP contribution >= 0.6 is 0 Å². The first kappa shape index (κ1) is 58.9. The number of phenols is 1. The van der Waals surface area contributed by atoms with Crippen LogP contribution in [0.5, 0.6) is 5.75 Å². The zero-order chi connectivity index (χ0) is 61.0. The predicted octanol–water partition coefficient (Wildman–Crippen LogP) is 11.3. The predicted molar refractivity (Wildman–Crippen MR) is 341 cm³/mol. The second-order valence-electron chi connectivity index (χ2n) is 33.3. The number of aromatic hydroxyl groups is 1. The zero-order valence-corrected chi connectivity index (χ0v) is 53.3. The monoisotopic (exact) mass is 1200 g/mol. The molecule has 2 aromatic rings. The van der Waals surface area contributed by atoms with E-state index in [0.717, 1.165) is 93.0 Å². The van der Waals surface area contributed by atoms with Gasteiger partial charge in [-0.1, -0.05) is 113 Å². The molecule has 13 aliphatic carbocycles. The number of carbonyl (C=O) groups excluding carboxylic acids is 2. The summed E-state index contributed by atoms with van der Waals surface area (Å²) in [4.78, 5) is 34.3. The minimum absolute atomic E-state index is 0.00148. The fraction of sp³-hybridized carbons (Fsp3) is 0.688. The highest BCUT2D eigenvalue weighted by molar-refractivity contribution is 6.01. The minimum atomic E-state index is -0.983. The van der Waals surface area contributed by atoms with Crippen molar-refractivity contribution in [3.05, 3.63) is 118 Å². The van der Waals surface area contributed by atoms with Crippen LogP contribution in [0.25, 0.3) is 0 Å². The first-order chi connectivity index (χ1) is 42.1. The number of hydrogen-bond acceptors (Lipinski definition) is 11. The number of ether oxygens (including phenoxy) is 1. The molecule has 0 amide bonds. The first-order valence-corrected chi connectivity index (χ1v) is 35.2. The Morgan fingerprint density at radius 1 is 0.818 bits per heavy atom. The van der Waals surface area contributed by atoms with E-state index in [4.69, 9.17) is 10.5 Å². The van der Waals surface area contributed by atoms with Gasteiger partial charge in [0.15, 0.2) is 11.6 Å². The number of aliphatic hydroxyl groups excluding tert-OH is 3. The van der Waals surface area contributed by atoms with Crippen LogP contribution in [0.3, 0.4) is 0 Å². The SMILES string of the molecule is CNCc1cc(O)cc(C23CCCC45CC(=O)C6=C4CCC4C7(C)C8C(CC45C4CC(C=CC4O)C4C5C=CC(O)C(C5)C5C=CC(C(O)C9OC9(C)C9CCCC9c9cc(N)cc(CC(C)C)c9)C6C54)NCC(C)(O)CCCCC8(CC=CC27)C3=O)c1. The molecule has 2 aliphatic heterocycles. The Hall–Kier alpha value is -4.20. The van der Waals surface area contributed by atoms with Gasteiger partial charge in [-0.05, 0) is 250 Å². The molecule has 88 heavy (non-hydrogen) atoms. The summed E-state index contributed by atoms with van der Waals surface area (Å²) in [6.45, 7) is 12.3. The van der Waals surface area contributed by atoms with Crippen molar-refractivity contribution in [1.29, 1.82) is 0 Å². The lowest BCUT2D eigenvalue weighted by atomic mass is 9.28. The molecule has 2 heterocycles. The summed E-state index contributed by atoms with van der Waals surface area (Å²) in [7, 11) is 1.93. The molecule has 26 unspecified atom stereocenters. The molecule has 2 saturated heterocycles. The molecule has 472 valence electrons. The molecular weight excluding hydrogens is 1090 g/mol. The van der Waals surface area contributed by atoms with Crippen LogP contribution in [0.1, 0.15) is 172 Å². The quantitative estimate of drug-likeness (QED) is 0.0676. The second kappa shape index (κ2) is 20.4. The largest absolute Gasteiger partial charge is 0.508 e. The van der Waals surface area contributed by atoms with E-state index in [1.54, 1.807) is 0 Å². The molecule has 9 N–H and O–H groups in total. The average Bonchev–Trinajstić information content (AvgIpc) is 1.21. The molecule has 11 nitrogen and oxygen atoms in total. The molecule has 2 aromatic carbocycles. The number of fused-ring (bicyclic) bond motifs is 9. The number of allylic oxidation sites excluding steroid dienone is 7. The molecule has 26 atom stereocenters. The highest BCUT2D eigenvalue weighted by atomic mass is 16.6. The van der Waals surface area contributed by atoms with Crippen molar-refractivity contribution in [3.63, 3.8) is 0 Å². The fourth-order valence-corrected chi connectivity index (χ4v) is 26.4. The smallest absolute Gasteiger partial charge is 0.160 e. The number of benzene rings is 2. The van der Waals surface area contributed by atoms with Gasteiger partial charge in [0.1, 0.15) is 11.9 Å². The highest BCUT2D eigenvalue weighted by Gasteiger charge is 2.82. The van der Waals surface area contributed by atoms with Crippen LogP contribution in [0.4, 0.5) is 5.69 Å². The van der Waals surface area contributed by atoms with Crippen molar-refractivity contribution >= 4 is 17.3 Å². The van der Waals surface area contributed by atoms with Crippen molar-refractivity contribution in [2.45, 2.75) is 210 Å². The summed E-state index contributed by atoms with van der Waals surface area (Å²) in [5, 5.41) is 71.4. The van der Waals surface area contributed by atoms with E-state index in [2.05, 4.69) is 111 Å². The molecule has 13 bridgehead atoms. The van der Waals surface area contributed by atoms with E-state index < -0.39 is 68.6 Å². The number of Topliss-reactive ketones (excluding diaryl/α,β-unsaturated/α-hetero) is 2.